The van der Waals surface area contributed by atoms with Crippen LogP contribution in [0.5, 0.6) is 0 Å². The van der Waals surface area contributed by atoms with Crippen LogP contribution in [0.2, 0.25) is 0 Å². The van der Waals surface area contributed by atoms with Gasteiger partial charge >= 0.3 is 0 Å². The summed E-state index contributed by atoms with van der Waals surface area (Å²) in [4.78, 5) is 16.3. The zero-order valence-corrected chi connectivity index (χ0v) is 11.6. The molecule has 0 saturated carbocycles. The molecule has 2 aromatic rings. The van der Waals surface area contributed by atoms with Crippen LogP contribution in [0.25, 0.3) is 0 Å². The van der Waals surface area contributed by atoms with Gasteiger partial charge in [0.2, 0.25) is 0 Å². The predicted molar refractivity (Wildman–Crippen MR) is 73.9 cm³/mol. The zero-order valence-electron chi connectivity index (χ0n) is 10.8. The highest BCUT2D eigenvalue weighted by atomic mass is 32.1. The Kier molecular flexibility index (Phi) is 3.77. The molecule has 1 aromatic heterocycles. The molecule has 1 aromatic carbocycles. The van der Waals surface area contributed by atoms with E-state index in [1.54, 1.807) is 11.3 Å². The Hall–Kier alpha value is -1.68. The smallest absolute Gasteiger partial charge is 0.251 e. The van der Waals surface area contributed by atoms with Crippen LogP contribution in [0.15, 0.2) is 23.6 Å². The molecule has 94 valence electrons. The molecule has 0 unspecified atom stereocenters. The van der Waals surface area contributed by atoms with E-state index in [9.17, 15) is 4.79 Å². The Balaban J connectivity index is 2.03. The highest BCUT2D eigenvalue weighted by Crippen LogP contribution is 2.10. The molecule has 0 bridgehead atoms. The maximum atomic E-state index is 12.0. The van der Waals surface area contributed by atoms with Crippen molar-refractivity contribution in [2.75, 3.05) is 0 Å². The highest BCUT2D eigenvalue weighted by Gasteiger charge is 2.07. The van der Waals surface area contributed by atoms with Gasteiger partial charge in [0.1, 0.15) is 5.01 Å². The van der Waals surface area contributed by atoms with E-state index in [2.05, 4.69) is 16.4 Å². The van der Waals surface area contributed by atoms with Crippen LogP contribution >= 0.6 is 11.3 Å². The van der Waals surface area contributed by atoms with Crippen LogP contribution in [-0.4, -0.2) is 10.9 Å². The molecule has 2 rings (SSSR count). The standard InChI is InChI=1S/C14H16N2OS/c1-9-4-10(2)6-12(5-9)14(17)15-7-13-16-11(3)8-18-13/h4-6,8H,7H2,1-3H3,(H,15,17). The van der Waals surface area contributed by atoms with Gasteiger partial charge in [0, 0.05) is 16.6 Å². The lowest BCUT2D eigenvalue weighted by molar-refractivity contribution is 0.0950. The first-order chi connectivity index (χ1) is 8.54. The van der Waals surface area contributed by atoms with Crippen molar-refractivity contribution in [3.8, 4) is 0 Å². The maximum Gasteiger partial charge on any atom is 0.251 e. The Labute approximate surface area is 111 Å². The molecule has 4 heteroatoms. The van der Waals surface area contributed by atoms with E-state index in [4.69, 9.17) is 0 Å². The first-order valence-electron chi connectivity index (χ1n) is 5.82. The van der Waals surface area contributed by atoms with E-state index in [-0.39, 0.29) is 5.91 Å². The third kappa shape index (κ3) is 3.17. The third-order valence-electron chi connectivity index (χ3n) is 2.55. The number of thiazole rings is 1. The quantitative estimate of drug-likeness (QED) is 0.921. The Bertz CT molecular complexity index is 555. The monoisotopic (exact) mass is 260 g/mol. The van der Waals surface area contributed by atoms with Gasteiger partial charge in [-0.1, -0.05) is 17.2 Å². The molecule has 1 N–H and O–H groups in total. The second-order valence-corrected chi connectivity index (χ2v) is 5.38. The SMILES string of the molecule is Cc1cc(C)cc(C(=O)NCc2nc(C)cs2)c1. The molecule has 0 saturated heterocycles. The van der Waals surface area contributed by atoms with Gasteiger partial charge in [-0.15, -0.1) is 11.3 Å². The van der Waals surface area contributed by atoms with Gasteiger partial charge in [0.15, 0.2) is 0 Å². The number of amides is 1. The molecule has 3 nitrogen and oxygen atoms in total. The number of carbonyl (C=O) groups is 1. The van der Waals surface area contributed by atoms with E-state index in [1.807, 2.05) is 38.3 Å². The molecule has 18 heavy (non-hydrogen) atoms. The molecule has 0 spiro atoms. The van der Waals surface area contributed by atoms with Crippen LogP contribution in [-0.2, 0) is 6.54 Å². The first kappa shape index (κ1) is 12.8. The summed E-state index contributed by atoms with van der Waals surface area (Å²) >= 11 is 1.57. The minimum absolute atomic E-state index is 0.0466. The normalized spacial score (nSPS) is 10.4. The van der Waals surface area contributed by atoms with Gasteiger partial charge in [-0.05, 0) is 32.9 Å². The molecule has 0 aliphatic rings. The minimum Gasteiger partial charge on any atom is -0.346 e. The van der Waals surface area contributed by atoms with Crippen molar-refractivity contribution in [1.82, 2.24) is 10.3 Å². The molecule has 1 amide bonds. The van der Waals surface area contributed by atoms with Crippen molar-refractivity contribution in [2.45, 2.75) is 27.3 Å². The lowest BCUT2D eigenvalue weighted by Crippen LogP contribution is -2.22. The van der Waals surface area contributed by atoms with Crippen LogP contribution in [0.3, 0.4) is 0 Å². The Morgan fingerprint density at radius 1 is 1.22 bits per heavy atom. The Morgan fingerprint density at radius 3 is 2.44 bits per heavy atom. The molecule has 0 aliphatic carbocycles. The number of aryl methyl sites for hydroxylation is 3. The minimum atomic E-state index is -0.0466. The summed E-state index contributed by atoms with van der Waals surface area (Å²) in [6, 6.07) is 5.85. The summed E-state index contributed by atoms with van der Waals surface area (Å²) in [7, 11) is 0. The first-order valence-corrected chi connectivity index (χ1v) is 6.70. The van der Waals surface area contributed by atoms with Crippen molar-refractivity contribution in [3.63, 3.8) is 0 Å². The fourth-order valence-electron chi connectivity index (χ4n) is 1.85. The van der Waals surface area contributed by atoms with Crippen molar-refractivity contribution in [2.24, 2.45) is 0 Å². The van der Waals surface area contributed by atoms with Gasteiger partial charge < -0.3 is 5.32 Å². The molecular weight excluding hydrogens is 244 g/mol. The molecule has 0 aliphatic heterocycles. The van der Waals surface area contributed by atoms with Crippen LogP contribution in [0.1, 0.15) is 32.2 Å². The summed E-state index contributed by atoms with van der Waals surface area (Å²) in [6.45, 7) is 6.43. The number of hydrogen-bond donors (Lipinski definition) is 1. The molecule has 0 fully saturated rings. The van der Waals surface area contributed by atoms with Gasteiger partial charge in [0.25, 0.3) is 5.91 Å². The van der Waals surface area contributed by atoms with E-state index >= 15 is 0 Å². The summed E-state index contributed by atoms with van der Waals surface area (Å²) in [6.07, 6.45) is 0. The topological polar surface area (TPSA) is 42.0 Å². The maximum absolute atomic E-state index is 12.0. The van der Waals surface area contributed by atoms with E-state index in [1.165, 1.54) is 0 Å². The van der Waals surface area contributed by atoms with Crippen molar-refractivity contribution in [3.05, 3.63) is 51.0 Å². The number of aromatic nitrogens is 1. The summed E-state index contributed by atoms with van der Waals surface area (Å²) < 4.78 is 0. The number of benzene rings is 1. The van der Waals surface area contributed by atoms with Crippen molar-refractivity contribution in [1.29, 1.82) is 0 Å². The van der Waals surface area contributed by atoms with Crippen LogP contribution in [0, 0.1) is 20.8 Å². The molecule has 0 radical (unpaired) electrons. The van der Waals surface area contributed by atoms with Gasteiger partial charge in [-0.25, -0.2) is 4.98 Å². The predicted octanol–water partition coefficient (Wildman–Crippen LogP) is 3.00. The van der Waals surface area contributed by atoms with E-state index < -0.39 is 0 Å². The summed E-state index contributed by atoms with van der Waals surface area (Å²) in [5.74, 6) is -0.0466. The molecule has 0 atom stereocenters. The van der Waals surface area contributed by atoms with E-state index in [0.717, 1.165) is 21.8 Å². The van der Waals surface area contributed by atoms with Crippen molar-refractivity contribution >= 4 is 17.2 Å². The molecular formula is C14H16N2OS. The van der Waals surface area contributed by atoms with Crippen LogP contribution < -0.4 is 5.32 Å². The van der Waals surface area contributed by atoms with Crippen molar-refractivity contribution < 1.29 is 4.79 Å². The van der Waals surface area contributed by atoms with Gasteiger partial charge in [-0.2, -0.15) is 0 Å². The van der Waals surface area contributed by atoms with Gasteiger partial charge in [-0.3, -0.25) is 4.79 Å². The second kappa shape index (κ2) is 5.31. The van der Waals surface area contributed by atoms with Gasteiger partial charge in [0.05, 0.1) is 6.54 Å². The number of rotatable bonds is 3. The number of carbonyl (C=O) groups excluding carboxylic acids is 1. The third-order valence-corrected chi connectivity index (χ3v) is 3.52. The summed E-state index contributed by atoms with van der Waals surface area (Å²) in [5.41, 5.74) is 3.91. The lowest BCUT2D eigenvalue weighted by atomic mass is 10.1. The highest BCUT2D eigenvalue weighted by molar-refractivity contribution is 7.09. The average Bonchev–Trinajstić information content (AvgIpc) is 2.70. The zero-order chi connectivity index (χ0) is 13.1. The average molecular weight is 260 g/mol. The second-order valence-electron chi connectivity index (χ2n) is 4.44. The largest absolute Gasteiger partial charge is 0.346 e. The number of hydrogen-bond acceptors (Lipinski definition) is 3. The van der Waals surface area contributed by atoms with E-state index in [0.29, 0.717) is 12.1 Å². The molecule has 1 heterocycles. The Morgan fingerprint density at radius 2 is 1.89 bits per heavy atom. The number of nitrogens with one attached hydrogen (secondary N) is 1. The number of nitrogens with zero attached hydrogens (tertiary/aromatic N) is 1. The summed E-state index contributed by atoms with van der Waals surface area (Å²) in [5, 5.41) is 5.81. The fraction of sp³-hybridized carbons (Fsp3) is 0.286. The van der Waals surface area contributed by atoms with Crippen LogP contribution in [0.4, 0.5) is 0 Å². The lowest BCUT2D eigenvalue weighted by Gasteiger charge is -2.05. The fourth-order valence-corrected chi connectivity index (χ4v) is 2.56.